The van der Waals surface area contributed by atoms with Gasteiger partial charge in [0, 0.05) is 23.3 Å². The number of alkyl carbamates (subject to hydrolysis) is 2. The second-order valence-corrected chi connectivity index (χ2v) is 8.92. The maximum Gasteiger partial charge on any atom is 0.407 e. The van der Waals surface area contributed by atoms with E-state index in [4.69, 9.17) is 18.9 Å². The molecule has 13 heteroatoms. The summed E-state index contributed by atoms with van der Waals surface area (Å²) in [5.41, 5.74) is 0.491. The first-order chi connectivity index (χ1) is 17.6. The van der Waals surface area contributed by atoms with Gasteiger partial charge in [-0.2, -0.15) is 11.8 Å². The van der Waals surface area contributed by atoms with E-state index in [1.807, 2.05) is 0 Å². The van der Waals surface area contributed by atoms with E-state index >= 15 is 0 Å². The molecule has 0 radical (unpaired) electrons. The normalized spacial score (nSPS) is 10.9. The number of thioether (sulfide) groups is 1. The van der Waals surface area contributed by atoms with Crippen molar-refractivity contribution in [1.82, 2.24) is 10.6 Å². The van der Waals surface area contributed by atoms with Crippen molar-refractivity contribution in [3.05, 3.63) is 24.3 Å². The Morgan fingerprint density at radius 2 is 1.38 bits per heavy atom. The molecule has 0 heterocycles. The van der Waals surface area contributed by atoms with Crippen molar-refractivity contribution in [3.8, 4) is 0 Å². The van der Waals surface area contributed by atoms with Gasteiger partial charge >= 0.3 is 30.1 Å². The van der Waals surface area contributed by atoms with E-state index in [9.17, 15) is 24.0 Å². The Labute approximate surface area is 221 Å². The average Bonchev–Trinajstić information content (AvgIpc) is 2.86. The Kier molecular flexibility index (Phi) is 19.1. The van der Waals surface area contributed by atoms with Gasteiger partial charge in [0.1, 0.15) is 25.9 Å². The number of rotatable bonds is 19. The predicted molar refractivity (Wildman–Crippen MR) is 137 cm³/mol. The first-order valence-electron chi connectivity index (χ1n) is 11.7. The summed E-state index contributed by atoms with van der Waals surface area (Å²) in [4.78, 5) is 57.9. The van der Waals surface area contributed by atoms with E-state index in [1.165, 1.54) is 32.7 Å². The van der Waals surface area contributed by atoms with Crippen LogP contribution in [0.25, 0.3) is 0 Å². The maximum absolute atomic E-state index is 12.1. The molecule has 2 N–H and O–H groups in total. The molecular weight excluding hydrogens is 508 g/mol. The molecule has 0 saturated heterocycles. The quantitative estimate of drug-likeness (QED) is 0.106. The van der Waals surface area contributed by atoms with Crippen molar-refractivity contribution in [2.45, 2.75) is 45.6 Å². The van der Waals surface area contributed by atoms with E-state index in [2.05, 4.69) is 28.5 Å². The first-order valence-corrected chi connectivity index (χ1v) is 12.9. The summed E-state index contributed by atoms with van der Waals surface area (Å²) in [6.07, 6.45) is 0.501. The fraction of sp³-hybridized carbons (Fsp3) is 0.625. The van der Waals surface area contributed by atoms with Crippen LogP contribution in [0.4, 0.5) is 9.59 Å². The molecule has 0 spiro atoms. The highest BCUT2D eigenvalue weighted by atomic mass is 32.2. The minimum Gasteiger partial charge on any atom is -0.469 e. The largest absolute Gasteiger partial charge is 0.469 e. The van der Waals surface area contributed by atoms with Gasteiger partial charge in [-0.05, 0) is 32.4 Å². The molecule has 0 aromatic heterocycles. The number of hydrogen-bond donors (Lipinski definition) is 2. The molecule has 0 bridgehead atoms. The van der Waals surface area contributed by atoms with Crippen LogP contribution in [0.3, 0.4) is 0 Å². The van der Waals surface area contributed by atoms with Gasteiger partial charge in [0.25, 0.3) is 0 Å². The Bertz CT molecular complexity index is 787. The fourth-order valence-electron chi connectivity index (χ4n) is 2.34. The number of carbonyl (C=O) groups is 5. The highest BCUT2D eigenvalue weighted by Gasteiger charge is 2.17. The van der Waals surface area contributed by atoms with Crippen molar-refractivity contribution in [3.63, 3.8) is 0 Å². The topological polar surface area (TPSA) is 156 Å². The summed E-state index contributed by atoms with van der Waals surface area (Å²) in [6, 6.07) is 0. The fourth-order valence-corrected chi connectivity index (χ4v) is 3.34. The lowest BCUT2D eigenvalue weighted by atomic mass is 10.2. The minimum absolute atomic E-state index is 0.0299. The molecule has 0 aliphatic heterocycles. The summed E-state index contributed by atoms with van der Waals surface area (Å²) >= 11 is 1.50. The Morgan fingerprint density at radius 1 is 0.811 bits per heavy atom. The van der Waals surface area contributed by atoms with E-state index in [0.29, 0.717) is 12.2 Å². The molecular formula is C24H38N2O10S. The van der Waals surface area contributed by atoms with Crippen LogP contribution < -0.4 is 10.6 Å². The number of hydrogen-bond acceptors (Lipinski definition) is 11. The maximum atomic E-state index is 12.1. The van der Waals surface area contributed by atoms with Crippen LogP contribution in [-0.2, 0) is 38.1 Å². The highest BCUT2D eigenvalue weighted by Crippen LogP contribution is 2.12. The van der Waals surface area contributed by atoms with Crippen molar-refractivity contribution in [2.75, 3.05) is 51.5 Å². The molecule has 0 aliphatic carbocycles. The van der Waals surface area contributed by atoms with E-state index in [1.54, 1.807) is 0 Å². The van der Waals surface area contributed by atoms with Crippen molar-refractivity contribution in [2.24, 2.45) is 0 Å². The Hall–Kier alpha value is -3.22. The zero-order chi connectivity index (χ0) is 28.1. The van der Waals surface area contributed by atoms with E-state index in [0.717, 1.165) is 25.0 Å². The van der Waals surface area contributed by atoms with Gasteiger partial charge in [0.15, 0.2) is 0 Å². The average molecular weight is 547 g/mol. The van der Waals surface area contributed by atoms with Crippen LogP contribution in [0.5, 0.6) is 0 Å². The lowest BCUT2D eigenvalue weighted by molar-refractivity contribution is -0.141. The molecule has 2 amide bonds. The number of amides is 2. The third-order valence-corrected chi connectivity index (χ3v) is 5.47. The number of esters is 3. The third-order valence-electron chi connectivity index (χ3n) is 4.28. The van der Waals surface area contributed by atoms with E-state index < -0.39 is 30.2 Å². The van der Waals surface area contributed by atoms with Gasteiger partial charge in [-0.15, -0.1) is 0 Å². The third kappa shape index (κ3) is 19.6. The molecule has 0 saturated carbocycles. The van der Waals surface area contributed by atoms with Crippen molar-refractivity contribution < 1.29 is 47.7 Å². The SMILES string of the molecule is C=C(C)C(=O)OCCNC(=O)OCC(CSCCCCCC(=O)OC)OC(=O)NCCOC(=O)C(=C)C. The zero-order valence-electron chi connectivity index (χ0n) is 21.8. The molecule has 0 fully saturated rings. The monoisotopic (exact) mass is 546 g/mol. The van der Waals surface area contributed by atoms with Gasteiger partial charge in [0.2, 0.25) is 0 Å². The molecule has 0 aliphatic rings. The summed E-state index contributed by atoms with van der Waals surface area (Å²) in [7, 11) is 1.35. The Balaban J connectivity index is 4.46. The molecule has 1 atom stereocenters. The molecule has 210 valence electrons. The zero-order valence-corrected chi connectivity index (χ0v) is 22.6. The number of methoxy groups -OCH3 is 1. The molecule has 0 rings (SSSR count). The molecule has 1 unspecified atom stereocenters. The van der Waals surface area contributed by atoms with Gasteiger partial charge < -0.3 is 34.3 Å². The van der Waals surface area contributed by atoms with Crippen LogP contribution in [0, 0.1) is 0 Å². The first kappa shape index (κ1) is 33.8. The highest BCUT2D eigenvalue weighted by molar-refractivity contribution is 7.99. The van der Waals surface area contributed by atoms with Crippen molar-refractivity contribution in [1.29, 1.82) is 0 Å². The van der Waals surface area contributed by atoms with Crippen LogP contribution in [0.15, 0.2) is 24.3 Å². The summed E-state index contributed by atoms with van der Waals surface area (Å²) in [6.45, 7) is 9.69. The van der Waals surface area contributed by atoms with Crippen LogP contribution in [0.1, 0.15) is 39.5 Å². The minimum atomic E-state index is -0.764. The van der Waals surface area contributed by atoms with Crippen LogP contribution >= 0.6 is 11.8 Å². The Morgan fingerprint density at radius 3 is 1.92 bits per heavy atom. The number of ether oxygens (including phenoxy) is 5. The van der Waals surface area contributed by atoms with Crippen molar-refractivity contribution >= 4 is 41.9 Å². The molecule has 37 heavy (non-hydrogen) atoms. The molecule has 12 nitrogen and oxygen atoms in total. The van der Waals surface area contributed by atoms with Crippen LogP contribution in [-0.4, -0.2) is 87.7 Å². The standard InChI is InChI=1S/C24H38N2O10S/c1-17(2)21(28)33-12-10-25-23(30)35-15-19(16-37-14-8-6-7-9-20(27)32-5)36-24(31)26-11-13-34-22(29)18(3)4/h19H,1,3,6-16H2,2,4-5H3,(H,25,30)(H,26,31). The summed E-state index contributed by atoms with van der Waals surface area (Å²) in [5.74, 6) is -0.264. The lowest BCUT2D eigenvalue weighted by Gasteiger charge is -2.18. The number of nitrogens with one attached hydrogen (secondary N) is 2. The van der Waals surface area contributed by atoms with Gasteiger partial charge in [-0.1, -0.05) is 19.6 Å². The smallest absolute Gasteiger partial charge is 0.407 e. The van der Waals surface area contributed by atoms with Crippen LogP contribution in [0.2, 0.25) is 0 Å². The number of carbonyl (C=O) groups excluding carboxylic acids is 5. The van der Waals surface area contributed by atoms with Gasteiger partial charge in [0.05, 0.1) is 20.2 Å². The predicted octanol–water partition coefficient (Wildman–Crippen LogP) is 2.51. The number of unbranched alkanes of at least 4 members (excludes halogenated alkanes) is 2. The lowest BCUT2D eigenvalue weighted by Crippen LogP contribution is -2.37. The summed E-state index contributed by atoms with van der Waals surface area (Å²) < 4.78 is 24.8. The van der Waals surface area contributed by atoms with E-state index in [-0.39, 0.29) is 50.0 Å². The molecule has 0 aromatic carbocycles. The molecule has 0 aromatic rings. The van der Waals surface area contributed by atoms with Gasteiger partial charge in [-0.25, -0.2) is 19.2 Å². The van der Waals surface area contributed by atoms with Gasteiger partial charge in [-0.3, -0.25) is 4.79 Å². The second kappa shape index (κ2) is 20.9. The summed E-state index contributed by atoms with van der Waals surface area (Å²) in [5, 5.41) is 4.89. The second-order valence-electron chi connectivity index (χ2n) is 7.77.